The van der Waals surface area contributed by atoms with Crippen molar-refractivity contribution in [1.29, 1.82) is 5.26 Å². The van der Waals surface area contributed by atoms with Gasteiger partial charge in [-0.1, -0.05) is 12.1 Å². The van der Waals surface area contributed by atoms with Crippen molar-refractivity contribution in [2.24, 2.45) is 0 Å². The highest BCUT2D eigenvalue weighted by molar-refractivity contribution is 9.10. The quantitative estimate of drug-likeness (QED) is 0.133. The fourth-order valence-electron chi connectivity index (χ4n) is 3.35. The highest BCUT2D eigenvalue weighted by atomic mass is 79.9. The molecule has 8 nitrogen and oxygen atoms in total. The number of methoxy groups -OCH3 is 1. The number of halogens is 4. The molecule has 0 atom stereocenters. The highest BCUT2D eigenvalue weighted by Gasteiger charge is 2.33. The second kappa shape index (κ2) is 11.4. The standard InChI is InChI=1S/C26H19BrF3N3O5/c1-14-5-4-6-20(15(14)2)32-25(34)17(13-31)9-16-10-19(27)24(23(11-16)37-3)38-22-8-7-18(26(28,29)30)12-21(22)33(35)36/h4-12H,1-3H3,(H,32,34)/b17-9+. The number of nitriles is 1. The molecule has 1 N–H and O–H groups in total. The number of nitrogens with one attached hydrogen (secondary N) is 1. The Morgan fingerprint density at radius 3 is 2.47 bits per heavy atom. The van der Waals surface area contributed by atoms with E-state index < -0.39 is 34.0 Å². The van der Waals surface area contributed by atoms with Crippen molar-refractivity contribution in [2.75, 3.05) is 12.4 Å². The lowest BCUT2D eigenvalue weighted by atomic mass is 10.1. The Balaban J connectivity index is 1.96. The number of hydrogen-bond donors (Lipinski definition) is 1. The molecule has 0 aliphatic heterocycles. The van der Waals surface area contributed by atoms with E-state index in [4.69, 9.17) is 9.47 Å². The third-order valence-electron chi connectivity index (χ3n) is 5.48. The molecule has 0 radical (unpaired) electrons. The van der Waals surface area contributed by atoms with Crippen LogP contribution in [0.2, 0.25) is 0 Å². The van der Waals surface area contributed by atoms with Crippen LogP contribution in [0.3, 0.4) is 0 Å². The van der Waals surface area contributed by atoms with Crippen molar-refractivity contribution in [3.8, 4) is 23.3 Å². The third-order valence-corrected chi connectivity index (χ3v) is 6.06. The molecule has 0 spiro atoms. The van der Waals surface area contributed by atoms with Crippen LogP contribution >= 0.6 is 15.9 Å². The summed E-state index contributed by atoms with van der Waals surface area (Å²) in [6.07, 6.45) is -3.48. The van der Waals surface area contributed by atoms with E-state index in [0.29, 0.717) is 23.4 Å². The summed E-state index contributed by atoms with van der Waals surface area (Å²) in [5.74, 6) is -1.12. The Kier molecular flexibility index (Phi) is 8.42. The van der Waals surface area contributed by atoms with Crippen LogP contribution in [-0.4, -0.2) is 17.9 Å². The second-order valence-corrected chi connectivity index (χ2v) is 8.80. The Morgan fingerprint density at radius 1 is 1.16 bits per heavy atom. The van der Waals surface area contributed by atoms with Crippen LogP contribution in [0.1, 0.15) is 22.3 Å². The minimum absolute atomic E-state index is 0.0343. The lowest BCUT2D eigenvalue weighted by Gasteiger charge is -2.14. The van der Waals surface area contributed by atoms with E-state index in [2.05, 4.69) is 21.2 Å². The number of amides is 1. The molecule has 0 saturated carbocycles. The number of nitro groups is 1. The molecule has 0 fully saturated rings. The molecule has 1 amide bonds. The number of hydrogen-bond acceptors (Lipinski definition) is 6. The normalized spacial score (nSPS) is 11.5. The number of nitro benzene ring substituents is 1. The van der Waals surface area contributed by atoms with Crippen LogP contribution in [0.15, 0.2) is 58.6 Å². The highest BCUT2D eigenvalue weighted by Crippen LogP contribution is 2.44. The van der Waals surface area contributed by atoms with Gasteiger partial charge in [-0.25, -0.2) is 0 Å². The van der Waals surface area contributed by atoms with Crippen LogP contribution in [0.4, 0.5) is 24.5 Å². The fourth-order valence-corrected chi connectivity index (χ4v) is 3.89. The van der Waals surface area contributed by atoms with Crippen LogP contribution < -0.4 is 14.8 Å². The molecule has 0 saturated heterocycles. The van der Waals surface area contributed by atoms with Crippen LogP contribution in [0, 0.1) is 35.3 Å². The molecule has 38 heavy (non-hydrogen) atoms. The van der Waals surface area contributed by atoms with Crippen LogP contribution in [-0.2, 0) is 11.0 Å². The van der Waals surface area contributed by atoms with Crippen molar-refractivity contribution in [3.63, 3.8) is 0 Å². The second-order valence-electron chi connectivity index (χ2n) is 7.94. The predicted molar refractivity (Wildman–Crippen MR) is 137 cm³/mol. The van der Waals surface area contributed by atoms with E-state index in [0.717, 1.165) is 17.2 Å². The van der Waals surface area contributed by atoms with Crippen molar-refractivity contribution in [1.82, 2.24) is 0 Å². The van der Waals surface area contributed by atoms with Gasteiger partial charge in [0.15, 0.2) is 11.5 Å². The van der Waals surface area contributed by atoms with E-state index in [1.54, 1.807) is 12.1 Å². The van der Waals surface area contributed by atoms with Crippen molar-refractivity contribution in [3.05, 3.63) is 90.9 Å². The molecular weight excluding hydrogens is 571 g/mol. The van der Waals surface area contributed by atoms with E-state index in [9.17, 15) is 33.3 Å². The van der Waals surface area contributed by atoms with Crippen LogP contribution in [0.25, 0.3) is 6.08 Å². The zero-order valence-corrected chi connectivity index (χ0v) is 21.7. The maximum Gasteiger partial charge on any atom is 0.416 e. The summed E-state index contributed by atoms with van der Waals surface area (Å²) < 4.78 is 50.1. The minimum atomic E-state index is -4.78. The number of rotatable bonds is 7. The van der Waals surface area contributed by atoms with Gasteiger partial charge in [0, 0.05) is 11.8 Å². The average molecular weight is 590 g/mol. The molecule has 196 valence electrons. The SMILES string of the molecule is COc1cc(/C=C(\C#N)C(=O)Nc2cccc(C)c2C)cc(Br)c1Oc1ccc(C(F)(F)F)cc1[N+](=O)[O-]. The molecule has 3 aromatic rings. The number of carbonyl (C=O) groups is 1. The molecule has 12 heteroatoms. The Hall–Kier alpha value is -4.37. The number of anilines is 1. The van der Waals surface area contributed by atoms with Crippen molar-refractivity contribution < 1.29 is 32.4 Å². The van der Waals surface area contributed by atoms with Gasteiger partial charge < -0.3 is 14.8 Å². The topological polar surface area (TPSA) is 114 Å². The summed E-state index contributed by atoms with van der Waals surface area (Å²) in [6.45, 7) is 3.72. The lowest BCUT2D eigenvalue weighted by Crippen LogP contribution is -2.14. The largest absolute Gasteiger partial charge is 0.493 e. The summed E-state index contributed by atoms with van der Waals surface area (Å²) in [4.78, 5) is 23.2. The number of alkyl halides is 3. The molecule has 0 aromatic heterocycles. The maximum atomic E-state index is 13.0. The molecule has 0 aliphatic rings. The predicted octanol–water partition coefficient (Wildman–Crippen LogP) is 7.34. The molecule has 0 unspecified atom stereocenters. The van der Waals surface area contributed by atoms with E-state index in [1.807, 2.05) is 26.0 Å². The third kappa shape index (κ3) is 6.30. The smallest absolute Gasteiger partial charge is 0.416 e. The first-order chi connectivity index (χ1) is 17.8. The molecule has 0 bridgehead atoms. The van der Waals surface area contributed by atoms with Crippen molar-refractivity contribution >= 4 is 39.3 Å². The number of carbonyl (C=O) groups excluding carboxylic acids is 1. The number of benzene rings is 3. The van der Waals surface area contributed by atoms with E-state index >= 15 is 0 Å². The average Bonchev–Trinajstić information content (AvgIpc) is 2.85. The summed E-state index contributed by atoms with van der Waals surface area (Å²) >= 11 is 3.26. The molecule has 3 rings (SSSR count). The van der Waals surface area contributed by atoms with E-state index in [1.165, 1.54) is 25.3 Å². The lowest BCUT2D eigenvalue weighted by molar-refractivity contribution is -0.385. The molecule has 0 heterocycles. The number of ether oxygens (including phenoxy) is 2. The van der Waals surface area contributed by atoms with Gasteiger partial charge in [-0.15, -0.1) is 0 Å². The number of nitrogens with zero attached hydrogens (tertiary/aromatic N) is 2. The first-order valence-electron chi connectivity index (χ1n) is 10.8. The first-order valence-corrected chi connectivity index (χ1v) is 11.6. The Morgan fingerprint density at radius 2 is 1.87 bits per heavy atom. The monoisotopic (exact) mass is 589 g/mol. The maximum absolute atomic E-state index is 13.0. The summed E-state index contributed by atoms with van der Waals surface area (Å²) in [7, 11) is 1.28. The van der Waals surface area contributed by atoms with Gasteiger partial charge in [0.05, 0.1) is 22.1 Å². The zero-order chi connectivity index (χ0) is 28.2. The Labute approximate surface area is 223 Å². The molecule has 0 aliphatic carbocycles. The Bertz CT molecular complexity index is 1500. The van der Waals surface area contributed by atoms with Gasteiger partial charge in [-0.05, 0) is 82.9 Å². The molecular formula is C26H19BrF3N3O5. The minimum Gasteiger partial charge on any atom is -0.493 e. The van der Waals surface area contributed by atoms with Gasteiger partial charge in [0.2, 0.25) is 5.75 Å². The van der Waals surface area contributed by atoms with Gasteiger partial charge in [-0.3, -0.25) is 14.9 Å². The summed E-state index contributed by atoms with van der Waals surface area (Å²) in [5.41, 5.74) is 0.391. The van der Waals surface area contributed by atoms with Gasteiger partial charge in [0.1, 0.15) is 11.6 Å². The number of aryl methyl sites for hydroxylation is 1. The van der Waals surface area contributed by atoms with Gasteiger partial charge in [-0.2, -0.15) is 18.4 Å². The fraction of sp³-hybridized carbons (Fsp3) is 0.154. The van der Waals surface area contributed by atoms with Crippen molar-refractivity contribution in [2.45, 2.75) is 20.0 Å². The molecule has 3 aromatic carbocycles. The van der Waals surface area contributed by atoms with E-state index in [-0.39, 0.29) is 21.5 Å². The zero-order valence-electron chi connectivity index (χ0n) is 20.1. The van der Waals surface area contributed by atoms with Gasteiger partial charge in [0.25, 0.3) is 5.91 Å². The van der Waals surface area contributed by atoms with Gasteiger partial charge >= 0.3 is 11.9 Å². The first kappa shape index (κ1) is 28.2. The summed E-state index contributed by atoms with van der Waals surface area (Å²) in [5, 5.41) is 23.7. The van der Waals surface area contributed by atoms with Crippen LogP contribution in [0.5, 0.6) is 17.2 Å². The summed E-state index contributed by atoms with van der Waals surface area (Å²) in [6, 6.07) is 12.0.